The van der Waals surface area contributed by atoms with E-state index in [1.807, 2.05) is 0 Å². The zero-order valence-electron chi connectivity index (χ0n) is 16.6. The van der Waals surface area contributed by atoms with Gasteiger partial charge in [-0.1, -0.05) is 30.3 Å². The number of hydrogen-bond acceptors (Lipinski definition) is 6. The van der Waals surface area contributed by atoms with Crippen molar-refractivity contribution in [3.05, 3.63) is 87.5 Å². The third-order valence-electron chi connectivity index (χ3n) is 4.78. The fourth-order valence-electron chi connectivity index (χ4n) is 3.31. The summed E-state index contributed by atoms with van der Waals surface area (Å²) < 4.78 is 10.7. The highest BCUT2D eigenvalue weighted by molar-refractivity contribution is 6.13. The van der Waals surface area contributed by atoms with Crippen LogP contribution in [0.15, 0.2) is 60.7 Å². The summed E-state index contributed by atoms with van der Waals surface area (Å²) in [5.41, 5.74) is 2.28. The Bertz CT molecular complexity index is 1080. The Kier molecular flexibility index (Phi) is 6.44. The fourth-order valence-corrected chi connectivity index (χ4v) is 3.31. The van der Waals surface area contributed by atoms with E-state index in [-0.39, 0.29) is 24.5 Å². The van der Waals surface area contributed by atoms with Crippen LogP contribution in [0.2, 0.25) is 0 Å². The van der Waals surface area contributed by atoms with Crippen LogP contribution in [0, 0.1) is 10.1 Å². The Morgan fingerprint density at radius 2 is 1.63 bits per heavy atom. The maximum atomic E-state index is 13.2. The van der Waals surface area contributed by atoms with Crippen LogP contribution in [-0.4, -0.2) is 36.6 Å². The molecular weight excluding hydrogens is 386 g/mol. The maximum absolute atomic E-state index is 13.2. The number of carbonyl (C=O) groups is 1. The number of nitro groups is 1. The van der Waals surface area contributed by atoms with Crippen LogP contribution in [0.5, 0.6) is 11.5 Å². The number of methoxy groups -OCH3 is 2. The number of aliphatic hydroxyl groups excluding tert-OH is 1. The molecule has 7 nitrogen and oxygen atoms in total. The van der Waals surface area contributed by atoms with Crippen LogP contribution >= 0.6 is 0 Å². The molecule has 1 N–H and O–H groups in total. The SMILES string of the molecule is COc1cc(CCO)c(-c2cc([N+](=O)[O-])ccc2C(=O)c2ccccc2)cc1OC. The van der Waals surface area contributed by atoms with Crippen LogP contribution in [0.1, 0.15) is 21.5 Å². The van der Waals surface area contributed by atoms with Crippen molar-refractivity contribution >= 4 is 11.5 Å². The third-order valence-corrected chi connectivity index (χ3v) is 4.78. The molecule has 0 saturated heterocycles. The lowest BCUT2D eigenvalue weighted by molar-refractivity contribution is -0.384. The monoisotopic (exact) mass is 407 g/mol. The second-order valence-electron chi connectivity index (χ2n) is 6.52. The predicted molar refractivity (Wildman–Crippen MR) is 112 cm³/mol. The molecule has 0 bridgehead atoms. The Hall–Kier alpha value is -3.71. The zero-order valence-corrected chi connectivity index (χ0v) is 16.6. The molecule has 0 aromatic heterocycles. The van der Waals surface area contributed by atoms with Crippen molar-refractivity contribution in [2.75, 3.05) is 20.8 Å². The summed E-state index contributed by atoms with van der Waals surface area (Å²) in [5.74, 6) is 0.620. The summed E-state index contributed by atoms with van der Waals surface area (Å²) in [6.45, 7) is -0.140. The molecule has 0 aliphatic heterocycles. The number of benzene rings is 3. The minimum absolute atomic E-state index is 0.139. The van der Waals surface area contributed by atoms with Crippen LogP contribution in [-0.2, 0) is 6.42 Å². The summed E-state index contributed by atoms with van der Waals surface area (Å²) in [6.07, 6.45) is 0.275. The summed E-state index contributed by atoms with van der Waals surface area (Å²) in [7, 11) is 2.98. The summed E-state index contributed by atoms with van der Waals surface area (Å²) in [4.78, 5) is 24.1. The van der Waals surface area contributed by atoms with Gasteiger partial charge in [-0.3, -0.25) is 14.9 Å². The number of hydrogen-bond donors (Lipinski definition) is 1. The quantitative estimate of drug-likeness (QED) is 0.344. The molecule has 0 aliphatic rings. The van der Waals surface area contributed by atoms with Gasteiger partial charge in [-0.2, -0.15) is 0 Å². The van der Waals surface area contributed by atoms with Crippen LogP contribution < -0.4 is 9.47 Å². The van der Waals surface area contributed by atoms with E-state index in [9.17, 15) is 20.0 Å². The first kappa shape index (κ1) is 21.0. The molecular formula is C23H21NO6. The molecule has 0 heterocycles. The predicted octanol–water partition coefficient (Wildman–Crippen LogP) is 4.04. The lowest BCUT2D eigenvalue weighted by atomic mass is 9.89. The van der Waals surface area contributed by atoms with E-state index in [2.05, 4.69) is 0 Å². The summed E-state index contributed by atoms with van der Waals surface area (Å²) in [5, 5.41) is 20.9. The minimum Gasteiger partial charge on any atom is -0.493 e. The van der Waals surface area contributed by atoms with Crippen molar-refractivity contribution in [1.82, 2.24) is 0 Å². The first-order valence-corrected chi connectivity index (χ1v) is 9.24. The summed E-state index contributed by atoms with van der Waals surface area (Å²) in [6, 6.07) is 16.2. The van der Waals surface area contributed by atoms with Gasteiger partial charge in [-0.25, -0.2) is 0 Å². The molecule has 30 heavy (non-hydrogen) atoms. The van der Waals surface area contributed by atoms with E-state index in [0.29, 0.717) is 39.3 Å². The second kappa shape index (κ2) is 9.19. The number of nitro benzene ring substituents is 1. The number of ether oxygens (including phenoxy) is 2. The van der Waals surface area contributed by atoms with Gasteiger partial charge in [0, 0.05) is 35.4 Å². The van der Waals surface area contributed by atoms with Crippen molar-refractivity contribution in [1.29, 1.82) is 0 Å². The number of nitrogens with zero attached hydrogens (tertiary/aromatic N) is 1. The Balaban J connectivity index is 2.29. The minimum atomic E-state index is -0.507. The second-order valence-corrected chi connectivity index (χ2v) is 6.52. The van der Waals surface area contributed by atoms with Crippen molar-refractivity contribution in [2.45, 2.75) is 6.42 Å². The van der Waals surface area contributed by atoms with E-state index in [0.717, 1.165) is 0 Å². The first-order chi connectivity index (χ1) is 14.5. The van der Waals surface area contributed by atoms with Crippen LogP contribution in [0.25, 0.3) is 11.1 Å². The molecule has 3 aromatic carbocycles. The van der Waals surface area contributed by atoms with Gasteiger partial charge in [-0.05, 0) is 35.7 Å². The summed E-state index contributed by atoms with van der Waals surface area (Å²) >= 11 is 0. The Labute approximate surface area is 173 Å². The van der Waals surface area contributed by atoms with E-state index in [1.54, 1.807) is 42.5 Å². The van der Waals surface area contributed by atoms with Gasteiger partial charge in [0.05, 0.1) is 19.1 Å². The highest BCUT2D eigenvalue weighted by Gasteiger charge is 2.22. The molecule has 3 aromatic rings. The van der Waals surface area contributed by atoms with Gasteiger partial charge in [0.15, 0.2) is 17.3 Å². The molecule has 154 valence electrons. The highest BCUT2D eigenvalue weighted by Crippen LogP contribution is 2.39. The smallest absolute Gasteiger partial charge is 0.270 e. The topological polar surface area (TPSA) is 98.9 Å². The molecule has 0 amide bonds. The standard InChI is InChI=1S/C23H21NO6/c1-29-21-12-16(10-11-25)19(14-22(21)30-2)20-13-17(24(27)28)8-9-18(20)23(26)15-6-4-3-5-7-15/h3-9,12-14,25H,10-11H2,1-2H3. The average Bonchev–Trinajstić information content (AvgIpc) is 2.78. The Morgan fingerprint density at radius 1 is 0.967 bits per heavy atom. The number of rotatable bonds is 8. The molecule has 0 atom stereocenters. The first-order valence-electron chi connectivity index (χ1n) is 9.24. The molecule has 0 radical (unpaired) electrons. The van der Waals surface area contributed by atoms with Gasteiger partial charge in [0.1, 0.15) is 0 Å². The number of aliphatic hydroxyl groups is 1. The van der Waals surface area contributed by atoms with Gasteiger partial charge < -0.3 is 14.6 Å². The molecule has 0 spiro atoms. The largest absolute Gasteiger partial charge is 0.493 e. The van der Waals surface area contributed by atoms with Crippen molar-refractivity contribution in [3.8, 4) is 22.6 Å². The molecule has 0 fully saturated rings. The van der Waals surface area contributed by atoms with E-state index in [4.69, 9.17) is 9.47 Å². The van der Waals surface area contributed by atoms with Crippen LogP contribution in [0.4, 0.5) is 5.69 Å². The van der Waals surface area contributed by atoms with E-state index in [1.165, 1.54) is 32.4 Å². The van der Waals surface area contributed by atoms with Gasteiger partial charge >= 0.3 is 0 Å². The molecule has 7 heteroatoms. The van der Waals surface area contributed by atoms with Gasteiger partial charge in [0.2, 0.25) is 0 Å². The Morgan fingerprint density at radius 3 is 2.23 bits per heavy atom. The van der Waals surface area contributed by atoms with Gasteiger partial charge in [-0.15, -0.1) is 0 Å². The fraction of sp³-hybridized carbons (Fsp3) is 0.174. The van der Waals surface area contributed by atoms with Crippen molar-refractivity contribution in [2.24, 2.45) is 0 Å². The van der Waals surface area contributed by atoms with E-state index < -0.39 is 4.92 Å². The number of ketones is 1. The molecule has 0 saturated carbocycles. The molecule has 0 aliphatic carbocycles. The molecule has 0 unspecified atom stereocenters. The number of non-ortho nitro benzene ring substituents is 1. The lowest BCUT2D eigenvalue weighted by Crippen LogP contribution is -2.06. The number of carbonyl (C=O) groups excluding carboxylic acids is 1. The van der Waals surface area contributed by atoms with Gasteiger partial charge in [0.25, 0.3) is 5.69 Å². The average molecular weight is 407 g/mol. The molecule has 3 rings (SSSR count). The van der Waals surface area contributed by atoms with E-state index >= 15 is 0 Å². The lowest BCUT2D eigenvalue weighted by Gasteiger charge is -2.17. The maximum Gasteiger partial charge on any atom is 0.270 e. The van der Waals surface area contributed by atoms with Crippen molar-refractivity contribution < 1.29 is 24.3 Å². The zero-order chi connectivity index (χ0) is 21.7. The normalized spacial score (nSPS) is 10.5. The third kappa shape index (κ3) is 4.16. The van der Waals surface area contributed by atoms with Crippen molar-refractivity contribution in [3.63, 3.8) is 0 Å². The highest BCUT2D eigenvalue weighted by atomic mass is 16.6. The van der Waals surface area contributed by atoms with Crippen LogP contribution in [0.3, 0.4) is 0 Å².